The third-order valence-electron chi connectivity index (χ3n) is 3.28. The van der Waals surface area contributed by atoms with Gasteiger partial charge in [0.15, 0.2) is 0 Å². The lowest BCUT2D eigenvalue weighted by atomic mass is 10.1. The fourth-order valence-electron chi connectivity index (χ4n) is 2.13. The molecule has 2 N–H and O–H groups in total. The largest absolute Gasteiger partial charge is 0.493 e. The standard InChI is InChI=1S/C17H19NO3/c1-18-15(17(19)20)11-12-21-16-10-6-5-9-14(16)13-7-3-2-4-8-13/h2-10,15,18H,11-12H2,1H3,(H,19,20). The second-order valence-electron chi connectivity index (χ2n) is 4.68. The monoisotopic (exact) mass is 285 g/mol. The third kappa shape index (κ3) is 4.07. The molecule has 1 atom stereocenters. The van der Waals surface area contributed by atoms with Gasteiger partial charge in [-0.05, 0) is 18.7 Å². The minimum atomic E-state index is -0.863. The molecular weight excluding hydrogens is 266 g/mol. The van der Waals surface area contributed by atoms with Crippen molar-refractivity contribution in [3.05, 3.63) is 54.6 Å². The van der Waals surface area contributed by atoms with Gasteiger partial charge in [-0.3, -0.25) is 4.79 Å². The summed E-state index contributed by atoms with van der Waals surface area (Å²) in [7, 11) is 1.64. The van der Waals surface area contributed by atoms with Crippen molar-refractivity contribution in [1.82, 2.24) is 5.32 Å². The summed E-state index contributed by atoms with van der Waals surface area (Å²) in [5, 5.41) is 11.7. The van der Waals surface area contributed by atoms with Gasteiger partial charge in [0.1, 0.15) is 11.8 Å². The Labute approximate surface area is 124 Å². The van der Waals surface area contributed by atoms with Gasteiger partial charge in [0.05, 0.1) is 6.61 Å². The maximum Gasteiger partial charge on any atom is 0.320 e. The van der Waals surface area contributed by atoms with Crippen LogP contribution < -0.4 is 10.1 Å². The maximum atomic E-state index is 10.9. The molecule has 0 aromatic heterocycles. The summed E-state index contributed by atoms with van der Waals surface area (Å²) in [5.41, 5.74) is 2.09. The zero-order chi connectivity index (χ0) is 15.1. The summed E-state index contributed by atoms with van der Waals surface area (Å²) >= 11 is 0. The van der Waals surface area contributed by atoms with E-state index in [2.05, 4.69) is 5.32 Å². The summed E-state index contributed by atoms with van der Waals surface area (Å²) in [5.74, 6) is -0.0959. The molecule has 1 unspecified atom stereocenters. The molecule has 0 bridgehead atoms. The summed E-state index contributed by atoms with van der Waals surface area (Å²) in [4.78, 5) is 10.9. The van der Waals surface area contributed by atoms with Crippen LogP contribution in [0, 0.1) is 0 Å². The predicted octanol–water partition coefficient (Wildman–Crippen LogP) is 2.80. The van der Waals surface area contributed by atoms with Gasteiger partial charge in [-0.25, -0.2) is 0 Å². The van der Waals surface area contributed by atoms with Crippen LogP contribution >= 0.6 is 0 Å². The van der Waals surface area contributed by atoms with E-state index in [1.165, 1.54) is 0 Å². The van der Waals surface area contributed by atoms with E-state index in [1.807, 2.05) is 54.6 Å². The number of hydrogen-bond acceptors (Lipinski definition) is 3. The number of likely N-dealkylation sites (N-methyl/N-ethyl adjacent to an activating group) is 1. The Kier molecular flexibility index (Phi) is 5.35. The second-order valence-corrected chi connectivity index (χ2v) is 4.68. The molecule has 0 saturated carbocycles. The molecule has 4 heteroatoms. The molecule has 0 spiro atoms. The number of aliphatic carboxylic acids is 1. The highest BCUT2D eigenvalue weighted by molar-refractivity contribution is 5.73. The van der Waals surface area contributed by atoms with E-state index < -0.39 is 12.0 Å². The van der Waals surface area contributed by atoms with Crippen molar-refractivity contribution in [1.29, 1.82) is 0 Å². The lowest BCUT2D eigenvalue weighted by Crippen LogP contribution is -2.35. The number of para-hydroxylation sites is 1. The average molecular weight is 285 g/mol. The molecule has 0 radical (unpaired) electrons. The van der Waals surface area contributed by atoms with Crippen LogP contribution in [0.4, 0.5) is 0 Å². The van der Waals surface area contributed by atoms with Gasteiger partial charge in [-0.15, -0.1) is 0 Å². The van der Waals surface area contributed by atoms with Crippen LogP contribution in [-0.4, -0.2) is 30.8 Å². The number of rotatable bonds is 7. The first kappa shape index (κ1) is 15.1. The van der Waals surface area contributed by atoms with Crippen molar-refractivity contribution in [3.8, 4) is 16.9 Å². The number of hydrogen-bond donors (Lipinski definition) is 2. The van der Waals surface area contributed by atoms with Gasteiger partial charge in [-0.1, -0.05) is 48.5 Å². The van der Waals surface area contributed by atoms with Crippen LogP contribution in [0.15, 0.2) is 54.6 Å². The summed E-state index contributed by atoms with van der Waals surface area (Å²) in [6.45, 7) is 0.349. The first-order valence-corrected chi connectivity index (χ1v) is 6.89. The second kappa shape index (κ2) is 7.45. The zero-order valence-corrected chi connectivity index (χ0v) is 12.0. The molecule has 0 saturated heterocycles. The van der Waals surface area contributed by atoms with E-state index in [0.717, 1.165) is 16.9 Å². The van der Waals surface area contributed by atoms with Crippen LogP contribution in [0.25, 0.3) is 11.1 Å². The van der Waals surface area contributed by atoms with Gasteiger partial charge in [0.2, 0.25) is 0 Å². The first-order valence-electron chi connectivity index (χ1n) is 6.89. The molecular formula is C17H19NO3. The van der Waals surface area contributed by atoms with E-state index in [4.69, 9.17) is 9.84 Å². The molecule has 2 rings (SSSR count). The van der Waals surface area contributed by atoms with Crippen LogP contribution in [0.2, 0.25) is 0 Å². The molecule has 110 valence electrons. The van der Waals surface area contributed by atoms with Gasteiger partial charge >= 0.3 is 5.97 Å². The molecule has 0 heterocycles. The SMILES string of the molecule is CNC(CCOc1ccccc1-c1ccccc1)C(=O)O. The summed E-state index contributed by atoms with van der Waals surface area (Å²) in [6.07, 6.45) is 0.412. The molecule has 4 nitrogen and oxygen atoms in total. The van der Waals surface area contributed by atoms with Gasteiger partial charge in [-0.2, -0.15) is 0 Å². The van der Waals surface area contributed by atoms with E-state index in [0.29, 0.717) is 13.0 Å². The van der Waals surface area contributed by atoms with Crippen LogP contribution in [0.3, 0.4) is 0 Å². The maximum absolute atomic E-state index is 10.9. The van der Waals surface area contributed by atoms with Crippen molar-refractivity contribution in [3.63, 3.8) is 0 Å². The van der Waals surface area contributed by atoms with Crippen molar-refractivity contribution in [2.24, 2.45) is 0 Å². The Morgan fingerprint density at radius 2 is 1.81 bits per heavy atom. The number of ether oxygens (including phenoxy) is 1. The Morgan fingerprint density at radius 1 is 1.14 bits per heavy atom. The van der Waals surface area contributed by atoms with E-state index in [9.17, 15) is 4.79 Å². The smallest absolute Gasteiger partial charge is 0.320 e. The minimum absolute atomic E-state index is 0.349. The summed E-state index contributed by atoms with van der Waals surface area (Å²) in [6, 6.07) is 17.2. The van der Waals surface area contributed by atoms with Crippen molar-refractivity contribution in [2.45, 2.75) is 12.5 Å². The van der Waals surface area contributed by atoms with Gasteiger partial charge in [0, 0.05) is 12.0 Å². The van der Waals surface area contributed by atoms with Gasteiger partial charge < -0.3 is 15.2 Å². The average Bonchev–Trinajstić information content (AvgIpc) is 2.52. The summed E-state index contributed by atoms with van der Waals surface area (Å²) < 4.78 is 5.77. The van der Waals surface area contributed by atoms with Crippen molar-refractivity contribution >= 4 is 5.97 Å². The third-order valence-corrected chi connectivity index (χ3v) is 3.28. The quantitative estimate of drug-likeness (QED) is 0.821. The topological polar surface area (TPSA) is 58.6 Å². The Balaban J connectivity index is 2.06. The van der Waals surface area contributed by atoms with Crippen molar-refractivity contribution < 1.29 is 14.6 Å². The lowest BCUT2D eigenvalue weighted by Gasteiger charge is -2.14. The molecule has 2 aromatic rings. The Bertz CT molecular complexity index is 584. The van der Waals surface area contributed by atoms with Crippen molar-refractivity contribution in [2.75, 3.05) is 13.7 Å². The van der Waals surface area contributed by atoms with Crippen LogP contribution in [0.1, 0.15) is 6.42 Å². The van der Waals surface area contributed by atoms with Gasteiger partial charge in [0.25, 0.3) is 0 Å². The highest BCUT2D eigenvalue weighted by Gasteiger charge is 2.14. The number of carbonyl (C=O) groups is 1. The highest BCUT2D eigenvalue weighted by Crippen LogP contribution is 2.29. The van der Waals surface area contributed by atoms with Crippen LogP contribution in [-0.2, 0) is 4.79 Å². The predicted molar refractivity (Wildman–Crippen MR) is 82.5 cm³/mol. The van der Waals surface area contributed by atoms with E-state index in [1.54, 1.807) is 7.05 Å². The van der Waals surface area contributed by atoms with Crippen LogP contribution in [0.5, 0.6) is 5.75 Å². The number of carboxylic acid groups (broad SMARTS) is 1. The first-order chi connectivity index (χ1) is 10.2. The Hall–Kier alpha value is -2.33. The molecule has 0 aliphatic rings. The fourth-order valence-corrected chi connectivity index (χ4v) is 2.13. The minimum Gasteiger partial charge on any atom is -0.493 e. The molecule has 21 heavy (non-hydrogen) atoms. The lowest BCUT2D eigenvalue weighted by molar-refractivity contribution is -0.139. The molecule has 0 amide bonds. The molecule has 0 fully saturated rings. The number of benzene rings is 2. The number of nitrogens with one attached hydrogen (secondary N) is 1. The fraction of sp³-hybridized carbons (Fsp3) is 0.235. The van der Waals surface area contributed by atoms with E-state index >= 15 is 0 Å². The van der Waals surface area contributed by atoms with E-state index in [-0.39, 0.29) is 0 Å². The zero-order valence-electron chi connectivity index (χ0n) is 12.0. The Morgan fingerprint density at radius 3 is 2.48 bits per heavy atom. The molecule has 0 aliphatic heterocycles. The number of carboxylic acids is 1. The molecule has 0 aliphatic carbocycles. The normalized spacial score (nSPS) is 11.9. The highest BCUT2D eigenvalue weighted by atomic mass is 16.5. The molecule has 2 aromatic carbocycles.